The normalized spacial score (nSPS) is 21.5. The number of nitrogens with zero attached hydrogens (tertiary/aromatic N) is 5. The van der Waals surface area contributed by atoms with Crippen molar-refractivity contribution in [1.82, 2.24) is 19.6 Å². The van der Waals surface area contributed by atoms with E-state index in [4.69, 9.17) is 4.74 Å². The predicted molar refractivity (Wildman–Crippen MR) is 132 cm³/mol. The summed E-state index contributed by atoms with van der Waals surface area (Å²) < 4.78 is 7.58. The lowest BCUT2D eigenvalue weighted by Crippen LogP contribution is -2.50. The fraction of sp³-hybridized carbons (Fsp3) is 0.615. The molecule has 1 saturated heterocycles. The third-order valence-electron chi connectivity index (χ3n) is 6.95. The SMILES string of the molecule is CCOc1cccc(Cn2cc(N3CCN(C(=O)C4CCC(CN(C)C)CC4)CC3)cn2)c1. The highest BCUT2D eigenvalue weighted by Gasteiger charge is 2.31. The van der Waals surface area contributed by atoms with Crippen LogP contribution in [-0.4, -0.2) is 78.9 Å². The predicted octanol–water partition coefficient (Wildman–Crippen LogP) is 3.35. The second-order valence-electron chi connectivity index (χ2n) is 9.77. The van der Waals surface area contributed by atoms with Gasteiger partial charge in [0.15, 0.2) is 0 Å². The Kier molecular flexibility index (Phi) is 7.91. The van der Waals surface area contributed by atoms with Crippen molar-refractivity contribution in [2.45, 2.75) is 39.2 Å². The van der Waals surface area contributed by atoms with Crippen LogP contribution < -0.4 is 9.64 Å². The van der Waals surface area contributed by atoms with Crippen LogP contribution in [-0.2, 0) is 11.3 Å². The molecule has 2 aliphatic rings. The van der Waals surface area contributed by atoms with Crippen molar-refractivity contribution in [1.29, 1.82) is 0 Å². The zero-order chi connectivity index (χ0) is 23.2. The second-order valence-corrected chi connectivity index (χ2v) is 9.77. The fourth-order valence-electron chi connectivity index (χ4n) is 5.24. The van der Waals surface area contributed by atoms with Gasteiger partial charge in [-0.2, -0.15) is 5.10 Å². The molecule has 33 heavy (non-hydrogen) atoms. The van der Waals surface area contributed by atoms with E-state index < -0.39 is 0 Å². The number of carbonyl (C=O) groups is 1. The smallest absolute Gasteiger partial charge is 0.225 e. The highest BCUT2D eigenvalue weighted by atomic mass is 16.5. The average molecular weight is 454 g/mol. The summed E-state index contributed by atoms with van der Waals surface area (Å²) in [7, 11) is 4.28. The van der Waals surface area contributed by atoms with E-state index in [0.29, 0.717) is 12.5 Å². The van der Waals surface area contributed by atoms with Crippen LogP contribution in [0.2, 0.25) is 0 Å². The van der Waals surface area contributed by atoms with Crippen LogP contribution >= 0.6 is 0 Å². The van der Waals surface area contributed by atoms with E-state index in [1.54, 1.807) is 0 Å². The Hall–Kier alpha value is -2.54. The van der Waals surface area contributed by atoms with Crippen LogP contribution in [0.15, 0.2) is 36.7 Å². The summed E-state index contributed by atoms with van der Waals surface area (Å²) in [5.41, 5.74) is 2.30. The number of carbonyl (C=O) groups excluding carboxylic acids is 1. The number of piperazine rings is 1. The number of aromatic nitrogens is 2. The molecule has 2 heterocycles. The van der Waals surface area contributed by atoms with Gasteiger partial charge in [-0.1, -0.05) is 12.1 Å². The summed E-state index contributed by atoms with van der Waals surface area (Å²) in [6.45, 7) is 7.87. The lowest BCUT2D eigenvalue weighted by atomic mass is 9.81. The Morgan fingerprint density at radius 2 is 1.88 bits per heavy atom. The van der Waals surface area contributed by atoms with Crippen molar-refractivity contribution < 1.29 is 9.53 Å². The third-order valence-corrected chi connectivity index (χ3v) is 6.95. The van der Waals surface area contributed by atoms with Crippen molar-refractivity contribution in [2.24, 2.45) is 11.8 Å². The number of hydrogen-bond acceptors (Lipinski definition) is 5. The molecule has 1 saturated carbocycles. The summed E-state index contributed by atoms with van der Waals surface area (Å²) in [5, 5.41) is 4.57. The second kappa shape index (κ2) is 11.1. The largest absolute Gasteiger partial charge is 0.494 e. The molecular weight excluding hydrogens is 414 g/mol. The van der Waals surface area contributed by atoms with Gasteiger partial charge in [0.05, 0.1) is 25.0 Å². The zero-order valence-electron chi connectivity index (χ0n) is 20.4. The molecule has 4 rings (SSSR count). The van der Waals surface area contributed by atoms with Crippen molar-refractivity contribution in [3.63, 3.8) is 0 Å². The Bertz CT molecular complexity index is 896. The molecule has 0 atom stereocenters. The van der Waals surface area contributed by atoms with E-state index in [2.05, 4.69) is 52.2 Å². The zero-order valence-corrected chi connectivity index (χ0v) is 20.4. The number of benzene rings is 1. The van der Waals surface area contributed by atoms with Gasteiger partial charge < -0.3 is 19.4 Å². The Morgan fingerprint density at radius 3 is 2.58 bits per heavy atom. The van der Waals surface area contributed by atoms with Gasteiger partial charge in [-0.25, -0.2) is 0 Å². The molecule has 0 N–H and O–H groups in total. The Morgan fingerprint density at radius 1 is 1.12 bits per heavy atom. The van der Waals surface area contributed by atoms with Gasteiger partial charge in [0.2, 0.25) is 5.91 Å². The van der Waals surface area contributed by atoms with Gasteiger partial charge in [-0.15, -0.1) is 0 Å². The molecule has 1 amide bonds. The first kappa shape index (κ1) is 23.6. The van der Waals surface area contributed by atoms with E-state index in [1.165, 1.54) is 18.4 Å². The molecular formula is C26H39N5O2. The molecule has 1 aromatic carbocycles. The van der Waals surface area contributed by atoms with E-state index in [1.807, 2.05) is 29.9 Å². The molecule has 0 spiro atoms. The van der Waals surface area contributed by atoms with Crippen LogP contribution in [0.4, 0.5) is 5.69 Å². The summed E-state index contributed by atoms with van der Waals surface area (Å²) >= 11 is 0. The van der Waals surface area contributed by atoms with Gasteiger partial charge in [0.25, 0.3) is 0 Å². The van der Waals surface area contributed by atoms with Crippen molar-refractivity contribution >= 4 is 11.6 Å². The molecule has 0 unspecified atom stereocenters. The number of hydrogen-bond donors (Lipinski definition) is 0. The minimum absolute atomic E-state index is 0.227. The number of amides is 1. The van der Waals surface area contributed by atoms with E-state index >= 15 is 0 Å². The van der Waals surface area contributed by atoms with Gasteiger partial charge in [-0.3, -0.25) is 9.48 Å². The topological polar surface area (TPSA) is 53.8 Å². The van der Waals surface area contributed by atoms with Crippen molar-refractivity contribution in [2.75, 3.05) is 58.3 Å². The molecule has 1 aliphatic heterocycles. The molecule has 2 aromatic rings. The van der Waals surface area contributed by atoms with Crippen LogP contribution in [0.25, 0.3) is 0 Å². The van der Waals surface area contributed by atoms with Crippen molar-refractivity contribution in [3.05, 3.63) is 42.2 Å². The molecule has 2 fully saturated rings. The van der Waals surface area contributed by atoms with Gasteiger partial charge in [0.1, 0.15) is 5.75 Å². The quantitative estimate of drug-likeness (QED) is 0.614. The summed E-state index contributed by atoms with van der Waals surface area (Å²) in [5.74, 6) is 2.25. The van der Waals surface area contributed by atoms with Crippen LogP contribution in [0, 0.1) is 11.8 Å². The minimum Gasteiger partial charge on any atom is -0.494 e. The van der Waals surface area contributed by atoms with E-state index in [-0.39, 0.29) is 5.92 Å². The fourth-order valence-corrected chi connectivity index (χ4v) is 5.24. The van der Waals surface area contributed by atoms with Gasteiger partial charge >= 0.3 is 0 Å². The summed E-state index contributed by atoms with van der Waals surface area (Å²) in [6, 6.07) is 8.18. The van der Waals surface area contributed by atoms with E-state index in [9.17, 15) is 4.79 Å². The summed E-state index contributed by atoms with van der Waals surface area (Å²) in [6.07, 6.45) is 8.51. The third kappa shape index (κ3) is 6.28. The maximum atomic E-state index is 13.1. The maximum absolute atomic E-state index is 13.1. The number of rotatable bonds is 8. The average Bonchev–Trinajstić information content (AvgIpc) is 3.28. The highest BCUT2D eigenvalue weighted by molar-refractivity contribution is 5.79. The Balaban J connectivity index is 1.25. The molecule has 7 heteroatoms. The van der Waals surface area contributed by atoms with Crippen molar-refractivity contribution in [3.8, 4) is 5.75 Å². The molecule has 7 nitrogen and oxygen atoms in total. The lowest BCUT2D eigenvalue weighted by molar-refractivity contribution is -0.137. The number of ether oxygens (including phenoxy) is 1. The molecule has 1 aliphatic carbocycles. The minimum atomic E-state index is 0.227. The van der Waals surface area contributed by atoms with E-state index in [0.717, 1.165) is 69.5 Å². The Labute approximate surface area is 198 Å². The molecule has 0 bridgehead atoms. The molecule has 0 radical (unpaired) electrons. The molecule has 180 valence electrons. The first-order valence-corrected chi connectivity index (χ1v) is 12.4. The van der Waals surface area contributed by atoms with Gasteiger partial charge in [0, 0.05) is 44.8 Å². The van der Waals surface area contributed by atoms with Crippen LogP contribution in [0.5, 0.6) is 5.75 Å². The van der Waals surface area contributed by atoms with Crippen LogP contribution in [0.1, 0.15) is 38.2 Å². The summed E-state index contributed by atoms with van der Waals surface area (Å²) in [4.78, 5) is 19.8. The first-order chi connectivity index (χ1) is 16.0. The monoisotopic (exact) mass is 453 g/mol. The standard InChI is InChI=1S/C26H39N5O2/c1-4-33-25-7-5-6-22(16-25)19-31-20-24(17-27-31)29-12-14-30(15-13-29)26(32)23-10-8-21(9-11-23)18-28(2)3/h5-7,16-17,20-21,23H,4,8-15,18-19H2,1-3H3. The van der Waals surface area contributed by atoms with Gasteiger partial charge in [-0.05, 0) is 70.3 Å². The van der Waals surface area contributed by atoms with Crippen LogP contribution in [0.3, 0.4) is 0 Å². The molecule has 1 aromatic heterocycles. The number of anilines is 1. The highest BCUT2D eigenvalue weighted by Crippen LogP contribution is 2.31. The lowest BCUT2D eigenvalue weighted by Gasteiger charge is -2.38. The first-order valence-electron chi connectivity index (χ1n) is 12.4. The maximum Gasteiger partial charge on any atom is 0.225 e.